The SMILES string of the molecule is C[C@@]1(N2CCC(c3cc4cc(NC(=O)[C@@H]5C[C@H]5c5ccco5)ncc4cc3Cl)CC2)COC[C@@H]1O. The number of hydrogen-bond donors (Lipinski definition) is 2. The maximum atomic E-state index is 12.7. The molecule has 2 saturated heterocycles. The summed E-state index contributed by atoms with van der Waals surface area (Å²) in [5.74, 6) is 1.82. The Morgan fingerprint density at radius 3 is 2.80 bits per heavy atom. The van der Waals surface area contributed by atoms with E-state index in [0.29, 0.717) is 24.9 Å². The number of aliphatic hydroxyl groups is 1. The van der Waals surface area contributed by atoms with Crippen LogP contribution in [0.5, 0.6) is 0 Å². The fraction of sp³-hybridized carbons (Fsp3) is 0.481. The van der Waals surface area contributed by atoms with E-state index in [1.54, 1.807) is 12.5 Å². The average molecular weight is 496 g/mol. The number of likely N-dealkylation sites (tertiary alicyclic amines) is 1. The Hall–Kier alpha value is -2.45. The normalized spacial score (nSPS) is 29.5. The molecule has 6 rings (SSSR count). The largest absolute Gasteiger partial charge is 0.469 e. The highest BCUT2D eigenvalue weighted by Gasteiger charge is 2.46. The van der Waals surface area contributed by atoms with E-state index in [1.807, 2.05) is 24.3 Å². The molecule has 3 fully saturated rings. The number of piperidine rings is 1. The number of carbonyl (C=O) groups excluding carboxylic acids is 1. The Morgan fingerprint density at radius 1 is 1.26 bits per heavy atom. The highest BCUT2D eigenvalue weighted by molar-refractivity contribution is 6.32. The van der Waals surface area contributed by atoms with E-state index in [1.165, 1.54) is 0 Å². The third-order valence-corrected chi connectivity index (χ3v) is 8.50. The van der Waals surface area contributed by atoms with Crippen LogP contribution >= 0.6 is 11.6 Å². The van der Waals surface area contributed by atoms with Crippen molar-refractivity contribution < 1.29 is 19.1 Å². The van der Waals surface area contributed by atoms with E-state index in [4.69, 9.17) is 20.8 Å². The van der Waals surface area contributed by atoms with Crippen LogP contribution in [0.3, 0.4) is 0 Å². The van der Waals surface area contributed by atoms with Crippen LogP contribution in [0.15, 0.2) is 47.2 Å². The third kappa shape index (κ3) is 4.25. The number of halogens is 1. The summed E-state index contributed by atoms with van der Waals surface area (Å²) >= 11 is 6.71. The quantitative estimate of drug-likeness (QED) is 0.540. The molecule has 35 heavy (non-hydrogen) atoms. The Bertz CT molecular complexity index is 1240. The minimum Gasteiger partial charge on any atom is -0.469 e. The number of benzene rings is 1. The highest BCUT2D eigenvalue weighted by atomic mass is 35.5. The minimum atomic E-state index is -0.450. The predicted molar refractivity (Wildman–Crippen MR) is 134 cm³/mol. The summed E-state index contributed by atoms with van der Waals surface area (Å²) in [6.07, 6.45) is 5.70. The molecule has 2 aromatic heterocycles. The number of furan rings is 1. The van der Waals surface area contributed by atoms with Crippen molar-refractivity contribution in [2.45, 2.75) is 49.7 Å². The van der Waals surface area contributed by atoms with Crippen LogP contribution in [0.25, 0.3) is 10.8 Å². The number of carbonyl (C=O) groups is 1. The molecule has 3 aliphatic rings. The van der Waals surface area contributed by atoms with E-state index in [0.717, 1.165) is 59.5 Å². The smallest absolute Gasteiger partial charge is 0.229 e. The molecular weight excluding hydrogens is 466 g/mol. The van der Waals surface area contributed by atoms with Gasteiger partial charge in [0.05, 0.1) is 31.1 Å². The number of anilines is 1. The first kappa shape index (κ1) is 23.0. The van der Waals surface area contributed by atoms with Gasteiger partial charge in [-0.1, -0.05) is 11.6 Å². The van der Waals surface area contributed by atoms with Crippen LogP contribution in [0.4, 0.5) is 5.82 Å². The summed E-state index contributed by atoms with van der Waals surface area (Å²) in [5, 5.41) is 16.1. The van der Waals surface area contributed by atoms with Crippen LogP contribution < -0.4 is 5.32 Å². The first-order chi connectivity index (χ1) is 16.9. The molecule has 184 valence electrons. The number of aromatic nitrogens is 1. The molecule has 2 aliphatic heterocycles. The van der Waals surface area contributed by atoms with Gasteiger partial charge in [0.25, 0.3) is 0 Å². The van der Waals surface area contributed by atoms with Crippen LogP contribution in [-0.2, 0) is 9.53 Å². The number of pyridine rings is 1. The summed E-state index contributed by atoms with van der Waals surface area (Å²) in [6.45, 7) is 4.86. The molecule has 0 unspecified atom stereocenters. The van der Waals surface area contributed by atoms with Gasteiger partial charge in [-0.05, 0) is 86.5 Å². The molecule has 0 spiro atoms. The molecule has 8 heteroatoms. The number of ether oxygens (including phenoxy) is 1. The van der Waals surface area contributed by atoms with Crippen molar-refractivity contribution in [2.75, 3.05) is 31.6 Å². The van der Waals surface area contributed by atoms with Gasteiger partial charge in [-0.15, -0.1) is 0 Å². The summed E-state index contributed by atoms with van der Waals surface area (Å²) in [6, 6.07) is 9.83. The van der Waals surface area contributed by atoms with Gasteiger partial charge in [-0.2, -0.15) is 0 Å². The van der Waals surface area contributed by atoms with Gasteiger partial charge in [0.1, 0.15) is 11.6 Å². The van der Waals surface area contributed by atoms with Crippen LogP contribution in [0, 0.1) is 5.92 Å². The van der Waals surface area contributed by atoms with Gasteiger partial charge in [0, 0.05) is 28.4 Å². The third-order valence-electron chi connectivity index (χ3n) is 8.17. The van der Waals surface area contributed by atoms with Gasteiger partial charge in [-0.25, -0.2) is 4.98 Å². The Balaban J connectivity index is 1.15. The van der Waals surface area contributed by atoms with E-state index >= 15 is 0 Å². The number of aliphatic hydroxyl groups excluding tert-OH is 1. The average Bonchev–Trinajstić information content (AvgIpc) is 3.32. The number of nitrogens with one attached hydrogen (secondary N) is 1. The summed E-state index contributed by atoms with van der Waals surface area (Å²) in [4.78, 5) is 19.5. The zero-order valence-corrected chi connectivity index (χ0v) is 20.5. The van der Waals surface area contributed by atoms with Crippen LogP contribution in [0.2, 0.25) is 5.02 Å². The summed E-state index contributed by atoms with van der Waals surface area (Å²) in [7, 11) is 0. The minimum absolute atomic E-state index is 0.0219. The molecule has 3 aromatic rings. The number of hydrogen-bond acceptors (Lipinski definition) is 6. The van der Waals surface area contributed by atoms with Gasteiger partial charge in [0.15, 0.2) is 0 Å². The Morgan fingerprint density at radius 2 is 2.09 bits per heavy atom. The lowest BCUT2D eigenvalue weighted by atomic mass is 9.85. The van der Waals surface area contributed by atoms with Crippen molar-refractivity contribution in [2.24, 2.45) is 5.92 Å². The molecule has 7 nitrogen and oxygen atoms in total. The van der Waals surface area contributed by atoms with Crippen LogP contribution in [0.1, 0.15) is 49.3 Å². The van der Waals surface area contributed by atoms with Crippen molar-refractivity contribution >= 4 is 34.1 Å². The standard InChI is InChI=1S/C27H30ClN3O4/c1-27(15-34-14-24(27)32)31-6-4-16(5-7-31)19-9-17-11-25(29-13-18(17)10-22(19)28)30-26(33)21-12-20(21)23-3-2-8-35-23/h2-3,8-11,13,16,20-21,24,32H,4-7,12,14-15H2,1H3,(H,29,30,33)/t20-,21-,24+,27-/m1/s1. The Kier molecular flexibility index (Phi) is 5.84. The number of amides is 1. The topological polar surface area (TPSA) is 87.8 Å². The second-order valence-electron chi connectivity index (χ2n) is 10.4. The molecule has 0 bridgehead atoms. The van der Waals surface area contributed by atoms with E-state index in [9.17, 15) is 9.90 Å². The number of fused-ring (bicyclic) bond motifs is 1. The summed E-state index contributed by atoms with van der Waals surface area (Å²) < 4.78 is 11.0. The molecule has 2 N–H and O–H groups in total. The molecule has 1 saturated carbocycles. The van der Waals surface area contributed by atoms with Crippen molar-refractivity contribution in [3.8, 4) is 0 Å². The fourth-order valence-corrected chi connectivity index (χ4v) is 6.07. The van der Waals surface area contributed by atoms with E-state index in [2.05, 4.69) is 28.2 Å². The zero-order chi connectivity index (χ0) is 24.2. The van der Waals surface area contributed by atoms with Crippen molar-refractivity contribution in [1.29, 1.82) is 0 Å². The second-order valence-corrected chi connectivity index (χ2v) is 10.8. The molecule has 4 heterocycles. The van der Waals surface area contributed by atoms with E-state index in [-0.39, 0.29) is 23.3 Å². The first-order valence-corrected chi connectivity index (χ1v) is 12.7. The maximum Gasteiger partial charge on any atom is 0.229 e. The number of rotatable bonds is 5. The molecule has 1 aromatic carbocycles. The summed E-state index contributed by atoms with van der Waals surface area (Å²) in [5.41, 5.74) is 0.824. The van der Waals surface area contributed by atoms with Gasteiger partial charge < -0.3 is 19.6 Å². The first-order valence-electron chi connectivity index (χ1n) is 12.4. The second kappa shape index (κ2) is 8.89. The van der Waals surface area contributed by atoms with Gasteiger partial charge in [0.2, 0.25) is 5.91 Å². The molecule has 0 radical (unpaired) electrons. The maximum absolute atomic E-state index is 12.7. The Labute approximate surface area is 209 Å². The molecule has 4 atom stereocenters. The highest BCUT2D eigenvalue weighted by Crippen LogP contribution is 2.48. The predicted octanol–water partition coefficient (Wildman–Crippen LogP) is 4.55. The van der Waals surface area contributed by atoms with Gasteiger partial charge >= 0.3 is 0 Å². The lowest BCUT2D eigenvalue weighted by Gasteiger charge is -2.43. The monoisotopic (exact) mass is 495 g/mol. The zero-order valence-electron chi connectivity index (χ0n) is 19.7. The van der Waals surface area contributed by atoms with Gasteiger partial charge in [-0.3, -0.25) is 9.69 Å². The number of nitrogens with zero attached hydrogens (tertiary/aromatic N) is 2. The van der Waals surface area contributed by atoms with Crippen LogP contribution in [-0.4, -0.2) is 58.8 Å². The van der Waals surface area contributed by atoms with E-state index < -0.39 is 6.10 Å². The van der Waals surface area contributed by atoms with Crippen molar-refractivity contribution in [1.82, 2.24) is 9.88 Å². The molecule has 1 aliphatic carbocycles. The van der Waals surface area contributed by atoms with Crippen molar-refractivity contribution in [3.05, 3.63) is 59.1 Å². The van der Waals surface area contributed by atoms with Crippen molar-refractivity contribution in [3.63, 3.8) is 0 Å². The molecular formula is C27H30ClN3O4. The fourth-order valence-electron chi connectivity index (χ4n) is 5.74. The lowest BCUT2D eigenvalue weighted by Crippen LogP contribution is -2.56. The lowest BCUT2D eigenvalue weighted by molar-refractivity contribution is -0.117. The molecule has 1 amide bonds.